The molecule has 0 radical (unpaired) electrons. The molecule has 1 heterocycles. The van der Waals surface area contributed by atoms with Crippen molar-refractivity contribution in [3.63, 3.8) is 0 Å². The highest BCUT2D eigenvalue weighted by molar-refractivity contribution is 6.06. The Bertz CT molecular complexity index is 448. The first-order valence-corrected chi connectivity index (χ1v) is 5.70. The lowest BCUT2D eigenvalue weighted by Crippen LogP contribution is -2.32. The van der Waals surface area contributed by atoms with E-state index in [9.17, 15) is 4.79 Å². The predicted molar refractivity (Wildman–Crippen MR) is 69.8 cm³/mol. The number of hydrogen-bond donors (Lipinski definition) is 0. The first-order valence-electron chi connectivity index (χ1n) is 5.70. The van der Waals surface area contributed by atoms with Crippen molar-refractivity contribution in [3.8, 4) is 0 Å². The fraction of sp³-hybridized carbons (Fsp3) is 0.385. The number of amidine groups is 1. The van der Waals surface area contributed by atoms with Crippen LogP contribution in [0.5, 0.6) is 0 Å². The summed E-state index contributed by atoms with van der Waals surface area (Å²) in [6.07, 6.45) is 0. The summed E-state index contributed by atoms with van der Waals surface area (Å²) < 4.78 is 0. The lowest BCUT2D eigenvalue weighted by Gasteiger charge is -2.17. The van der Waals surface area contributed by atoms with Gasteiger partial charge < -0.3 is 4.90 Å². The van der Waals surface area contributed by atoms with Crippen LogP contribution in [0.1, 0.15) is 17.3 Å². The Hall–Kier alpha value is -1.84. The van der Waals surface area contributed by atoms with Gasteiger partial charge in [-0.1, -0.05) is 0 Å². The van der Waals surface area contributed by atoms with Crippen molar-refractivity contribution in [2.45, 2.75) is 6.92 Å². The lowest BCUT2D eigenvalue weighted by molar-refractivity contribution is 0.0857. The van der Waals surface area contributed by atoms with Gasteiger partial charge in [0.15, 0.2) is 0 Å². The first-order chi connectivity index (χ1) is 8.09. The van der Waals surface area contributed by atoms with Crippen molar-refractivity contribution in [3.05, 3.63) is 29.8 Å². The van der Waals surface area contributed by atoms with E-state index in [4.69, 9.17) is 0 Å². The average Bonchev–Trinajstić information content (AvgIpc) is 2.74. The third-order valence-electron chi connectivity index (χ3n) is 2.93. The van der Waals surface area contributed by atoms with Crippen molar-refractivity contribution < 1.29 is 4.79 Å². The minimum absolute atomic E-state index is 0.0362. The van der Waals surface area contributed by atoms with Crippen LogP contribution in [-0.2, 0) is 0 Å². The Kier molecular flexibility index (Phi) is 3.13. The molecule has 17 heavy (non-hydrogen) atoms. The molecule has 0 spiro atoms. The molecule has 1 aliphatic rings. The number of benzene rings is 1. The Morgan fingerprint density at radius 3 is 2.41 bits per heavy atom. The Morgan fingerprint density at radius 1 is 1.29 bits per heavy atom. The predicted octanol–water partition coefficient (Wildman–Crippen LogP) is 1.63. The molecule has 0 unspecified atom stereocenters. The van der Waals surface area contributed by atoms with Crippen LogP contribution in [0.4, 0.5) is 5.69 Å². The molecular weight excluding hydrogens is 214 g/mol. The van der Waals surface area contributed by atoms with Gasteiger partial charge in [-0.15, -0.1) is 0 Å². The summed E-state index contributed by atoms with van der Waals surface area (Å²) in [6, 6.07) is 7.64. The molecule has 0 N–H and O–H groups in total. The lowest BCUT2D eigenvalue weighted by atomic mass is 10.1. The second kappa shape index (κ2) is 4.57. The molecule has 0 atom stereocenters. The van der Waals surface area contributed by atoms with Gasteiger partial charge in [0.2, 0.25) is 0 Å². The summed E-state index contributed by atoms with van der Waals surface area (Å²) in [5.41, 5.74) is 1.81. The largest absolute Gasteiger partial charge is 0.378 e. The molecule has 2 rings (SSSR count). The maximum absolute atomic E-state index is 12.2. The first kappa shape index (κ1) is 11.6. The molecule has 4 nitrogen and oxygen atoms in total. The van der Waals surface area contributed by atoms with Gasteiger partial charge in [-0.3, -0.25) is 14.7 Å². The summed E-state index contributed by atoms with van der Waals surface area (Å²) >= 11 is 0. The molecule has 0 aromatic heterocycles. The standard InChI is InChI=1S/C13H17N3O/c1-10-14-8-9-16(10)13(17)11-4-6-12(7-5-11)15(2)3/h4-7H,8-9H2,1-3H3. The fourth-order valence-electron chi connectivity index (χ4n) is 1.87. The quantitative estimate of drug-likeness (QED) is 0.775. The number of anilines is 1. The number of carbonyl (C=O) groups excluding carboxylic acids is 1. The van der Waals surface area contributed by atoms with E-state index in [0.717, 1.165) is 11.5 Å². The average molecular weight is 231 g/mol. The van der Waals surface area contributed by atoms with E-state index in [0.29, 0.717) is 18.7 Å². The van der Waals surface area contributed by atoms with Crippen LogP contribution in [0.2, 0.25) is 0 Å². The molecular formula is C13H17N3O. The summed E-state index contributed by atoms with van der Waals surface area (Å²) in [4.78, 5) is 20.1. The molecule has 1 aromatic rings. The minimum Gasteiger partial charge on any atom is -0.378 e. The van der Waals surface area contributed by atoms with E-state index in [1.807, 2.05) is 50.2 Å². The van der Waals surface area contributed by atoms with E-state index < -0.39 is 0 Å². The van der Waals surface area contributed by atoms with Crippen LogP contribution in [0.15, 0.2) is 29.3 Å². The maximum atomic E-state index is 12.2. The van der Waals surface area contributed by atoms with E-state index in [1.54, 1.807) is 4.90 Å². The minimum atomic E-state index is 0.0362. The van der Waals surface area contributed by atoms with E-state index in [2.05, 4.69) is 4.99 Å². The van der Waals surface area contributed by atoms with Gasteiger partial charge >= 0.3 is 0 Å². The number of aliphatic imine (C=N–C) groups is 1. The van der Waals surface area contributed by atoms with Gasteiger partial charge in [0.25, 0.3) is 5.91 Å². The SMILES string of the molecule is CC1=NCCN1C(=O)c1ccc(N(C)C)cc1. The zero-order chi connectivity index (χ0) is 12.4. The fourth-order valence-corrected chi connectivity index (χ4v) is 1.87. The summed E-state index contributed by atoms with van der Waals surface area (Å²) in [5, 5.41) is 0. The molecule has 0 saturated heterocycles. The number of nitrogens with zero attached hydrogens (tertiary/aromatic N) is 3. The topological polar surface area (TPSA) is 35.9 Å². The molecule has 0 bridgehead atoms. The van der Waals surface area contributed by atoms with Crippen molar-refractivity contribution in [2.75, 3.05) is 32.1 Å². The van der Waals surface area contributed by atoms with Crippen LogP contribution in [0.25, 0.3) is 0 Å². The number of hydrogen-bond acceptors (Lipinski definition) is 3. The molecule has 1 amide bonds. The van der Waals surface area contributed by atoms with E-state index in [1.165, 1.54) is 0 Å². The summed E-state index contributed by atoms with van der Waals surface area (Å²) in [5.74, 6) is 0.848. The molecule has 0 saturated carbocycles. The van der Waals surface area contributed by atoms with E-state index >= 15 is 0 Å². The van der Waals surface area contributed by atoms with E-state index in [-0.39, 0.29) is 5.91 Å². The second-order valence-electron chi connectivity index (χ2n) is 4.33. The molecule has 1 aliphatic heterocycles. The Labute approximate surface area is 102 Å². The van der Waals surface area contributed by atoms with Gasteiger partial charge in [-0.25, -0.2) is 0 Å². The highest BCUT2D eigenvalue weighted by atomic mass is 16.2. The monoisotopic (exact) mass is 231 g/mol. The molecule has 4 heteroatoms. The van der Waals surface area contributed by atoms with Crippen molar-refractivity contribution >= 4 is 17.4 Å². The van der Waals surface area contributed by atoms with Crippen molar-refractivity contribution in [2.24, 2.45) is 4.99 Å². The zero-order valence-electron chi connectivity index (χ0n) is 10.5. The van der Waals surface area contributed by atoms with Crippen molar-refractivity contribution in [1.29, 1.82) is 0 Å². The van der Waals surface area contributed by atoms with Crippen LogP contribution >= 0.6 is 0 Å². The third-order valence-corrected chi connectivity index (χ3v) is 2.93. The van der Waals surface area contributed by atoms with Gasteiger partial charge in [0.1, 0.15) is 5.84 Å². The van der Waals surface area contributed by atoms with Crippen molar-refractivity contribution in [1.82, 2.24) is 4.90 Å². The summed E-state index contributed by atoms with van der Waals surface area (Å²) in [7, 11) is 3.96. The Morgan fingerprint density at radius 2 is 1.94 bits per heavy atom. The van der Waals surface area contributed by atoms with Gasteiger partial charge in [-0.05, 0) is 31.2 Å². The number of amides is 1. The highest BCUT2D eigenvalue weighted by Crippen LogP contribution is 2.15. The van der Waals surface area contributed by atoms with Gasteiger partial charge in [-0.2, -0.15) is 0 Å². The Balaban J connectivity index is 2.17. The zero-order valence-corrected chi connectivity index (χ0v) is 10.5. The maximum Gasteiger partial charge on any atom is 0.259 e. The van der Waals surface area contributed by atoms with Crippen LogP contribution in [-0.4, -0.2) is 43.8 Å². The number of rotatable bonds is 2. The second-order valence-corrected chi connectivity index (χ2v) is 4.33. The highest BCUT2D eigenvalue weighted by Gasteiger charge is 2.21. The third kappa shape index (κ3) is 2.30. The number of carbonyl (C=O) groups is 1. The van der Waals surface area contributed by atoms with Crippen LogP contribution in [0.3, 0.4) is 0 Å². The molecule has 90 valence electrons. The van der Waals surface area contributed by atoms with Crippen LogP contribution in [0, 0.1) is 0 Å². The molecule has 1 aromatic carbocycles. The van der Waals surface area contributed by atoms with Gasteiger partial charge in [0, 0.05) is 31.9 Å². The van der Waals surface area contributed by atoms with Crippen LogP contribution < -0.4 is 4.90 Å². The smallest absolute Gasteiger partial charge is 0.259 e. The molecule has 0 aliphatic carbocycles. The summed E-state index contributed by atoms with van der Waals surface area (Å²) in [6.45, 7) is 3.28. The molecule has 0 fully saturated rings. The normalized spacial score (nSPS) is 14.8. The van der Waals surface area contributed by atoms with Gasteiger partial charge in [0.05, 0.1) is 6.54 Å².